The molecule has 4 nitrogen and oxygen atoms in total. The lowest BCUT2D eigenvalue weighted by atomic mass is 9.87. The average Bonchev–Trinajstić information content (AvgIpc) is 2.70. The van der Waals surface area contributed by atoms with E-state index >= 15 is 0 Å². The van der Waals surface area contributed by atoms with Crippen molar-refractivity contribution in [2.24, 2.45) is 11.8 Å². The Morgan fingerprint density at radius 3 is 2.55 bits per heavy atom. The Hall–Kier alpha value is -2.34. The number of pyridine rings is 1. The van der Waals surface area contributed by atoms with Crippen LogP contribution in [0.4, 0.5) is 8.78 Å². The molecule has 0 spiro atoms. The second kappa shape index (κ2) is 9.92. The van der Waals surface area contributed by atoms with Gasteiger partial charge in [-0.3, -0.25) is 14.7 Å². The molecular weight excluding hydrogens is 372 g/mol. The van der Waals surface area contributed by atoms with Crippen LogP contribution >= 0.6 is 0 Å². The van der Waals surface area contributed by atoms with Gasteiger partial charge in [-0.2, -0.15) is 0 Å². The maximum atomic E-state index is 13.5. The van der Waals surface area contributed by atoms with E-state index in [0.29, 0.717) is 24.8 Å². The highest BCUT2D eigenvalue weighted by atomic mass is 19.2. The van der Waals surface area contributed by atoms with Crippen molar-refractivity contribution in [3.8, 4) is 0 Å². The number of hydrogen-bond acceptors (Lipinski definition) is 3. The van der Waals surface area contributed by atoms with E-state index < -0.39 is 11.6 Å². The molecule has 2 aromatic rings. The second-order valence-electron chi connectivity index (χ2n) is 8.26. The third-order valence-electron chi connectivity index (χ3n) is 5.41. The second-order valence-corrected chi connectivity index (χ2v) is 8.26. The molecule has 1 aromatic heterocycles. The van der Waals surface area contributed by atoms with Crippen molar-refractivity contribution in [1.29, 1.82) is 0 Å². The topological polar surface area (TPSA) is 45.2 Å². The van der Waals surface area contributed by atoms with Crippen LogP contribution in [-0.4, -0.2) is 28.9 Å². The van der Waals surface area contributed by atoms with Gasteiger partial charge in [0.25, 0.3) is 0 Å². The lowest BCUT2D eigenvalue weighted by molar-refractivity contribution is -0.123. The molecule has 0 radical (unpaired) electrons. The molecule has 1 aliphatic rings. The number of benzene rings is 1. The van der Waals surface area contributed by atoms with Crippen LogP contribution in [0.5, 0.6) is 0 Å². The fourth-order valence-electron chi connectivity index (χ4n) is 3.94. The van der Waals surface area contributed by atoms with Crippen LogP contribution in [0.25, 0.3) is 0 Å². The van der Waals surface area contributed by atoms with Gasteiger partial charge >= 0.3 is 0 Å². The van der Waals surface area contributed by atoms with Gasteiger partial charge in [0.15, 0.2) is 11.6 Å². The van der Waals surface area contributed by atoms with E-state index in [1.165, 1.54) is 12.1 Å². The zero-order valence-electron chi connectivity index (χ0n) is 17.1. The zero-order valence-corrected chi connectivity index (χ0v) is 17.1. The summed E-state index contributed by atoms with van der Waals surface area (Å²) in [6.45, 7) is 6.34. The van der Waals surface area contributed by atoms with Crippen LogP contribution in [0.15, 0.2) is 42.6 Å². The van der Waals surface area contributed by atoms with Crippen LogP contribution in [0, 0.1) is 23.5 Å². The molecule has 156 valence electrons. The molecule has 1 amide bonds. The maximum Gasteiger partial charge on any atom is 0.220 e. The van der Waals surface area contributed by atoms with Gasteiger partial charge in [0.1, 0.15) is 0 Å². The number of nitrogens with one attached hydrogen (secondary N) is 1. The highest BCUT2D eigenvalue weighted by Crippen LogP contribution is 2.31. The van der Waals surface area contributed by atoms with Crippen molar-refractivity contribution in [2.75, 3.05) is 13.1 Å². The van der Waals surface area contributed by atoms with Gasteiger partial charge in [0.05, 0.1) is 11.7 Å². The Labute approximate surface area is 171 Å². The standard InChI is InChI=1S/C23H29F2N3O/c1-16(2)13-22(29)27-23(21-5-3-4-10-26-21)18-8-11-28(12-9-18)15-17-6-7-19(24)20(25)14-17/h3-7,10,14,16,18,23H,8-9,11-13,15H2,1-2H3,(H,27,29). The van der Waals surface area contributed by atoms with Crippen LogP contribution in [0.2, 0.25) is 0 Å². The summed E-state index contributed by atoms with van der Waals surface area (Å²) < 4.78 is 26.6. The highest BCUT2D eigenvalue weighted by Gasteiger charge is 2.29. The monoisotopic (exact) mass is 401 g/mol. The number of nitrogens with zero attached hydrogens (tertiary/aromatic N) is 2. The number of amides is 1. The molecule has 1 aromatic carbocycles. The van der Waals surface area contributed by atoms with E-state index in [1.807, 2.05) is 32.0 Å². The summed E-state index contributed by atoms with van der Waals surface area (Å²) in [6.07, 6.45) is 4.08. The van der Waals surface area contributed by atoms with Crippen molar-refractivity contribution < 1.29 is 13.6 Å². The summed E-state index contributed by atoms with van der Waals surface area (Å²) in [5.41, 5.74) is 1.66. The minimum Gasteiger partial charge on any atom is -0.347 e. The van der Waals surface area contributed by atoms with Crippen LogP contribution < -0.4 is 5.32 Å². The molecule has 1 saturated heterocycles. The fourth-order valence-corrected chi connectivity index (χ4v) is 3.94. The number of carbonyl (C=O) groups is 1. The molecule has 1 fully saturated rings. The smallest absolute Gasteiger partial charge is 0.220 e. The average molecular weight is 402 g/mol. The van der Waals surface area contributed by atoms with E-state index in [9.17, 15) is 13.6 Å². The number of piperidine rings is 1. The third kappa shape index (κ3) is 6.07. The Kier molecular flexibility index (Phi) is 7.31. The predicted octanol–water partition coefficient (Wildman–Crippen LogP) is 4.48. The van der Waals surface area contributed by atoms with E-state index in [-0.39, 0.29) is 11.9 Å². The summed E-state index contributed by atoms with van der Waals surface area (Å²) in [7, 11) is 0. The van der Waals surface area contributed by atoms with Crippen molar-refractivity contribution in [2.45, 2.75) is 45.7 Å². The molecule has 0 aliphatic carbocycles. The summed E-state index contributed by atoms with van der Waals surface area (Å²) in [4.78, 5) is 19.2. The van der Waals surface area contributed by atoms with Crippen molar-refractivity contribution in [3.05, 3.63) is 65.5 Å². The molecule has 1 N–H and O–H groups in total. The van der Waals surface area contributed by atoms with Crippen molar-refractivity contribution in [3.63, 3.8) is 0 Å². The first kappa shape index (κ1) is 21.4. The number of hydrogen-bond donors (Lipinski definition) is 1. The number of rotatable bonds is 7. The molecule has 29 heavy (non-hydrogen) atoms. The Balaban J connectivity index is 1.63. The summed E-state index contributed by atoms with van der Waals surface area (Å²) >= 11 is 0. The van der Waals surface area contributed by atoms with Gasteiger partial charge in [-0.25, -0.2) is 8.78 Å². The largest absolute Gasteiger partial charge is 0.347 e. The summed E-state index contributed by atoms with van der Waals surface area (Å²) in [5.74, 6) is -0.970. The fraction of sp³-hybridized carbons (Fsp3) is 0.478. The van der Waals surface area contributed by atoms with Gasteiger partial charge in [-0.15, -0.1) is 0 Å². The summed E-state index contributed by atoms with van der Waals surface area (Å²) in [6, 6.07) is 9.76. The predicted molar refractivity (Wildman–Crippen MR) is 109 cm³/mol. The minimum atomic E-state index is -0.817. The van der Waals surface area contributed by atoms with Gasteiger partial charge in [-0.05, 0) is 67.6 Å². The van der Waals surface area contributed by atoms with Crippen LogP contribution in [0.3, 0.4) is 0 Å². The maximum absolute atomic E-state index is 13.5. The molecule has 1 atom stereocenters. The Morgan fingerprint density at radius 1 is 1.17 bits per heavy atom. The van der Waals surface area contributed by atoms with Crippen LogP contribution in [0.1, 0.15) is 50.4 Å². The van der Waals surface area contributed by atoms with E-state index in [1.54, 1.807) is 12.3 Å². The van der Waals surface area contributed by atoms with E-state index in [4.69, 9.17) is 0 Å². The first-order chi connectivity index (χ1) is 13.9. The molecule has 0 bridgehead atoms. The molecule has 6 heteroatoms. The lowest BCUT2D eigenvalue weighted by Gasteiger charge is -2.36. The first-order valence-electron chi connectivity index (χ1n) is 10.3. The number of halogens is 2. The van der Waals surface area contributed by atoms with E-state index in [0.717, 1.165) is 37.2 Å². The normalized spacial score (nSPS) is 16.7. The molecular formula is C23H29F2N3O. The SMILES string of the molecule is CC(C)CC(=O)NC(c1ccccn1)C1CCN(Cc2ccc(F)c(F)c2)CC1. The van der Waals surface area contributed by atoms with Gasteiger partial charge in [0, 0.05) is 19.2 Å². The lowest BCUT2D eigenvalue weighted by Crippen LogP contribution is -2.41. The van der Waals surface area contributed by atoms with E-state index in [2.05, 4.69) is 15.2 Å². The first-order valence-corrected chi connectivity index (χ1v) is 10.3. The number of aromatic nitrogens is 1. The van der Waals surface area contributed by atoms with Crippen molar-refractivity contribution in [1.82, 2.24) is 15.2 Å². The minimum absolute atomic E-state index is 0.0554. The molecule has 0 saturated carbocycles. The Morgan fingerprint density at radius 2 is 1.93 bits per heavy atom. The van der Waals surface area contributed by atoms with Gasteiger partial charge in [-0.1, -0.05) is 26.0 Å². The molecule has 3 rings (SSSR count). The quantitative estimate of drug-likeness (QED) is 0.744. The number of carbonyl (C=O) groups excluding carboxylic acids is 1. The zero-order chi connectivity index (χ0) is 20.8. The number of likely N-dealkylation sites (tertiary alicyclic amines) is 1. The van der Waals surface area contributed by atoms with Gasteiger partial charge < -0.3 is 5.32 Å². The van der Waals surface area contributed by atoms with Gasteiger partial charge in [0.2, 0.25) is 5.91 Å². The van der Waals surface area contributed by atoms with Crippen molar-refractivity contribution >= 4 is 5.91 Å². The highest BCUT2D eigenvalue weighted by molar-refractivity contribution is 5.76. The van der Waals surface area contributed by atoms with Crippen LogP contribution in [-0.2, 0) is 11.3 Å². The summed E-state index contributed by atoms with van der Waals surface area (Å²) in [5, 5.41) is 3.20. The third-order valence-corrected chi connectivity index (χ3v) is 5.41. The molecule has 2 heterocycles. The molecule has 1 unspecified atom stereocenters. The Bertz CT molecular complexity index is 805. The molecule has 1 aliphatic heterocycles.